The Labute approximate surface area is 206 Å². The van der Waals surface area contributed by atoms with Gasteiger partial charge in [0.25, 0.3) is 5.69 Å². The van der Waals surface area contributed by atoms with E-state index in [0.717, 1.165) is 22.4 Å². The highest BCUT2D eigenvalue weighted by Gasteiger charge is 2.29. The summed E-state index contributed by atoms with van der Waals surface area (Å²) < 4.78 is 27.8. The van der Waals surface area contributed by atoms with Crippen LogP contribution in [0.5, 0.6) is 0 Å². The zero-order valence-corrected chi connectivity index (χ0v) is 21.0. The highest BCUT2D eigenvalue weighted by atomic mass is 32.2. The Morgan fingerprint density at radius 1 is 0.914 bits per heavy atom. The highest BCUT2D eigenvalue weighted by Crippen LogP contribution is 2.33. The number of nitrogens with one attached hydrogen (secondary N) is 1. The Bertz CT molecular complexity index is 1320. The lowest BCUT2D eigenvalue weighted by Crippen LogP contribution is -2.48. The van der Waals surface area contributed by atoms with Crippen molar-refractivity contribution in [3.63, 3.8) is 0 Å². The van der Waals surface area contributed by atoms with Gasteiger partial charge in [0.15, 0.2) is 0 Å². The number of nitrogens with zero attached hydrogens (tertiary/aromatic N) is 3. The topological polar surface area (TPSA) is 95.8 Å². The fourth-order valence-electron chi connectivity index (χ4n) is 4.26. The second kappa shape index (κ2) is 10.1. The zero-order chi connectivity index (χ0) is 25.2. The van der Waals surface area contributed by atoms with Crippen LogP contribution < -0.4 is 10.2 Å². The molecule has 8 nitrogen and oxygen atoms in total. The second-order valence-corrected chi connectivity index (χ2v) is 10.8. The maximum absolute atomic E-state index is 13.1. The van der Waals surface area contributed by atoms with Crippen LogP contribution in [-0.2, 0) is 10.0 Å². The molecule has 0 saturated carbocycles. The molecule has 1 unspecified atom stereocenters. The Balaban J connectivity index is 1.51. The van der Waals surface area contributed by atoms with Crippen LogP contribution in [0.15, 0.2) is 71.6 Å². The fraction of sp³-hybridized carbons (Fsp3) is 0.308. The SMILES string of the molecule is Cc1ccc(S(=O)(=O)N2CCN(c3ccc([N+](=O)[O-])c(NC(C)c4ccccc4)c3)CC2)cc1C. The summed E-state index contributed by atoms with van der Waals surface area (Å²) in [4.78, 5) is 13.6. The van der Waals surface area contributed by atoms with Crippen molar-refractivity contribution in [1.82, 2.24) is 4.31 Å². The van der Waals surface area contributed by atoms with Gasteiger partial charge in [-0.15, -0.1) is 0 Å². The molecule has 3 aromatic rings. The summed E-state index contributed by atoms with van der Waals surface area (Å²) in [5, 5.41) is 14.9. The summed E-state index contributed by atoms with van der Waals surface area (Å²) in [6, 6.07) is 19.9. The van der Waals surface area contributed by atoms with Crippen molar-refractivity contribution < 1.29 is 13.3 Å². The lowest BCUT2D eigenvalue weighted by molar-refractivity contribution is -0.384. The summed E-state index contributed by atoms with van der Waals surface area (Å²) >= 11 is 0. The molecule has 184 valence electrons. The minimum absolute atomic E-state index is 0.00693. The molecule has 1 aliphatic heterocycles. The molecule has 0 bridgehead atoms. The van der Waals surface area contributed by atoms with Crippen LogP contribution in [0.1, 0.15) is 29.7 Å². The van der Waals surface area contributed by atoms with Gasteiger partial charge in [0.2, 0.25) is 10.0 Å². The first-order chi connectivity index (χ1) is 16.7. The quantitative estimate of drug-likeness (QED) is 0.371. The molecule has 35 heavy (non-hydrogen) atoms. The van der Waals surface area contributed by atoms with E-state index in [9.17, 15) is 18.5 Å². The van der Waals surface area contributed by atoms with Crippen molar-refractivity contribution in [2.75, 3.05) is 36.4 Å². The summed E-state index contributed by atoms with van der Waals surface area (Å²) in [5.41, 5.74) is 4.29. The van der Waals surface area contributed by atoms with Crippen molar-refractivity contribution in [2.24, 2.45) is 0 Å². The maximum Gasteiger partial charge on any atom is 0.292 e. The number of benzene rings is 3. The summed E-state index contributed by atoms with van der Waals surface area (Å²) in [7, 11) is -3.57. The van der Waals surface area contributed by atoms with Crippen molar-refractivity contribution in [3.05, 3.63) is 93.5 Å². The average molecular weight is 495 g/mol. The number of hydrogen-bond donors (Lipinski definition) is 1. The molecule has 0 radical (unpaired) electrons. The number of nitro groups is 1. The minimum Gasteiger partial charge on any atom is -0.373 e. The van der Waals surface area contributed by atoms with Crippen molar-refractivity contribution in [1.29, 1.82) is 0 Å². The monoisotopic (exact) mass is 494 g/mol. The number of anilines is 2. The van der Waals surface area contributed by atoms with E-state index in [4.69, 9.17) is 0 Å². The van der Waals surface area contributed by atoms with E-state index in [1.807, 2.05) is 57.2 Å². The van der Waals surface area contributed by atoms with Crippen LogP contribution in [0.2, 0.25) is 0 Å². The number of rotatable bonds is 7. The van der Waals surface area contributed by atoms with Gasteiger partial charge in [-0.2, -0.15) is 4.31 Å². The smallest absolute Gasteiger partial charge is 0.292 e. The van der Waals surface area contributed by atoms with Crippen molar-refractivity contribution in [2.45, 2.75) is 31.7 Å². The largest absolute Gasteiger partial charge is 0.373 e. The Morgan fingerprint density at radius 3 is 2.23 bits per heavy atom. The van der Waals surface area contributed by atoms with E-state index in [2.05, 4.69) is 10.2 Å². The minimum atomic E-state index is -3.57. The molecular weight excluding hydrogens is 464 g/mol. The first-order valence-corrected chi connectivity index (χ1v) is 13.0. The lowest BCUT2D eigenvalue weighted by Gasteiger charge is -2.35. The van der Waals surface area contributed by atoms with E-state index in [1.54, 1.807) is 24.3 Å². The zero-order valence-electron chi connectivity index (χ0n) is 20.1. The standard InChI is InChI=1S/C26H30N4O4S/c1-19-9-11-24(17-20(19)2)35(33,34)29-15-13-28(14-16-29)23-10-12-26(30(31)32)25(18-23)27-21(3)22-7-5-4-6-8-22/h4-12,17-18,21,27H,13-16H2,1-3H3. The molecule has 0 spiro atoms. The van der Waals surface area contributed by atoms with Gasteiger partial charge in [-0.25, -0.2) is 8.42 Å². The van der Waals surface area contributed by atoms with Crippen LogP contribution in [0, 0.1) is 24.0 Å². The molecule has 3 aromatic carbocycles. The molecule has 0 aliphatic carbocycles. The number of piperazine rings is 1. The Kier molecular flexibility index (Phi) is 7.09. The van der Waals surface area contributed by atoms with Gasteiger partial charge in [0.1, 0.15) is 5.69 Å². The third kappa shape index (κ3) is 5.31. The third-order valence-corrected chi connectivity index (χ3v) is 8.46. The fourth-order valence-corrected chi connectivity index (χ4v) is 5.77. The van der Waals surface area contributed by atoms with Crippen LogP contribution in [0.4, 0.5) is 17.1 Å². The Morgan fingerprint density at radius 2 is 1.60 bits per heavy atom. The molecule has 1 N–H and O–H groups in total. The molecule has 1 heterocycles. The first-order valence-electron chi connectivity index (χ1n) is 11.6. The Hall–Kier alpha value is -3.43. The maximum atomic E-state index is 13.1. The average Bonchev–Trinajstić information content (AvgIpc) is 2.86. The molecule has 0 aromatic heterocycles. The summed E-state index contributed by atoms with van der Waals surface area (Å²) in [6.07, 6.45) is 0. The number of hydrogen-bond acceptors (Lipinski definition) is 6. The third-order valence-electron chi connectivity index (χ3n) is 6.57. The summed E-state index contributed by atoms with van der Waals surface area (Å²) in [5.74, 6) is 0. The van der Waals surface area contributed by atoms with Gasteiger partial charge in [-0.3, -0.25) is 10.1 Å². The molecule has 1 aliphatic rings. The molecule has 4 rings (SSSR count). The predicted octanol–water partition coefficient (Wildman–Crippen LogP) is 4.90. The molecule has 1 saturated heterocycles. The molecular formula is C26H30N4O4S. The second-order valence-electron chi connectivity index (χ2n) is 8.87. The lowest BCUT2D eigenvalue weighted by atomic mass is 10.1. The molecule has 0 amide bonds. The predicted molar refractivity (Wildman–Crippen MR) is 138 cm³/mol. The van der Waals surface area contributed by atoms with Gasteiger partial charge < -0.3 is 10.2 Å². The number of nitro benzene ring substituents is 1. The van der Waals surface area contributed by atoms with E-state index >= 15 is 0 Å². The number of aryl methyl sites for hydroxylation is 2. The van der Waals surface area contributed by atoms with Crippen LogP contribution >= 0.6 is 0 Å². The van der Waals surface area contributed by atoms with E-state index in [-0.39, 0.29) is 11.7 Å². The highest BCUT2D eigenvalue weighted by molar-refractivity contribution is 7.89. The van der Waals surface area contributed by atoms with Gasteiger partial charge in [-0.05, 0) is 61.7 Å². The van der Waals surface area contributed by atoms with E-state index < -0.39 is 14.9 Å². The van der Waals surface area contributed by atoms with Gasteiger partial charge in [0.05, 0.1) is 9.82 Å². The number of sulfonamides is 1. The molecule has 1 atom stereocenters. The van der Waals surface area contributed by atoms with Gasteiger partial charge in [0, 0.05) is 44.0 Å². The van der Waals surface area contributed by atoms with Crippen molar-refractivity contribution >= 4 is 27.1 Å². The van der Waals surface area contributed by atoms with Crippen LogP contribution in [-0.4, -0.2) is 43.8 Å². The van der Waals surface area contributed by atoms with Crippen LogP contribution in [0.3, 0.4) is 0 Å². The molecule has 9 heteroatoms. The van der Waals surface area contributed by atoms with Gasteiger partial charge in [-0.1, -0.05) is 36.4 Å². The van der Waals surface area contributed by atoms with E-state index in [1.165, 1.54) is 10.4 Å². The van der Waals surface area contributed by atoms with E-state index in [0.29, 0.717) is 36.8 Å². The van der Waals surface area contributed by atoms with Crippen molar-refractivity contribution in [3.8, 4) is 0 Å². The normalized spacial score (nSPS) is 15.6. The molecule has 1 fully saturated rings. The first kappa shape index (κ1) is 24.7. The summed E-state index contributed by atoms with van der Waals surface area (Å²) in [6.45, 7) is 7.50. The van der Waals surface area contributed by atoms with Crippen LogP contribution in [0.25, 0.3) is 0 Å². The van der Waals surface area contributed by atoms with Gasteiger partial charge >= 0.3 is 0 Å².